The summed E-state index contributed by atoms with van der Waals surface area (Å²) in [4.78, 5) is 40.4. The number of nitrogens with zero attached hydrogens (tertiary/aromatic N) is 2. The molecule has 0 aliphatic rings. The van der Waals surface area contributed by atoms with Crippen molar-refractivity contribution in [3.8, 4) is 5.75 Å². The zero-order chi connectivity index (χ0) is 18.9. The quantitative estimate of drug-likeness (QED) is 0.584. The molecule has 2 heterocycles. The van der Waals surface area contributed by atoms with Gasteiger partial charge in [0.1, 0.15) is 28.1 Å². The van der Waals surface area contributed by atoms with Crippen LogP contribution in [-0.4, -0.2) is 38.7 Å². The van der Waals surface area contributed by atoms with Gasteiger partial charge in [-0.2, -0.15) is 0 Å². The molecule has 0 spiro atoms. The molecule has 0 aromatic carbocycles. The Kier molecular flexibility index (Phi) is 5.17. The third-order valence-electron chi connectivity index (χ3n) is 3.28. The van der Waals surface area contributed by atoms with Crippen LogP contribution in [0.25, 0.3) is 10.9 Å². The second-order valence-electron chi connectivity index (χ2n) is 6.35. The Bertz CT molecular complexity index is 915. The van der Waals surface area contributed by atoms with Gasteiger partial charge in [-0.25, -0.2) is 4.98 Å². The van der Waals surface area contributed by atoms with E-state index in [0.717, 1.165) is 0 Å². The molecule has 2 aromatic rings. The Morgan fingerprint density at radius 2 is 2.04 bits per heavy atom. The fourth-order valence-corrected chi connectivity index (χ4v) is 2.76. The summed E-state index contributed by atoms with van der Waals surface area (Å²) in [5, 5.41) is 12.9. The smallest absolute Gasteiger partial charge is 0.325 e. The maximum Gasteiger partial charge on any atom is 0.325 e. The van der Waals surface area contributed by atoms with Gasteiger partial charge in [-0.3, -0.25) is 14.4 Å². The van der Waals surface area contributed by atoms with Gasteiger partial charge in [-0.15, -0.1) is 0 Å². The van der Waals surface area contributed by atoms with Gasteiger partial charge in [0.15, 0.2) is 0 Å². The van der Waals surface area contributed by atoms with E-state index in [-0.39, 0.29) is 5.39 Å². The molecule has 2 rings (SSSR count). The first-order chi connectivity index (χ1) is 11.5. The fraction of sp³-hybridized carbons (Fsp3) is 0.375. The van der Waals surface area contributed by atoms with Crippen LogP contribution in [0.15, 0.2) is 21.7 Å². The van der Waals surface area contributed by atoms with Crippen molar-refractivity contribution >= 4 is 38.7 Å². The van der Waals surface area contributed by atoms with Crippen LogP contribution >= 0.6 is 15.9 Å². The van der Waals surface area contributed by atoms with Gasteiger partial charge in [-0.05, 0) is 42.8 Å². The highest BCUT2D eigenvalue weighted by Gasteiger charge is 2.24. The number of pyridine rings is 2. The standard InChI is InChI=1S/C16H18BrN3O5/c1-16(2,3)25-9(21)7-19-14(23)11-12(22)10-8(20(4)15(11)24)5-6-18-13(10)17/h5-6,22H,7H2,1-4H3,(H,19,23). The minimum Gasteiger partial charge on any atom is -0.506 e. The monoisotopic (exact) mass is 411 g/mol. The summed E-state index contributed by atoms with van der Waals surface area (Å²) in [7, 11) is 1.47. The second-order valence-corrected chi connectivity index (χ2v) is 7.10. The zero-order valence-corrected chi connectivity index (χ0v) is 15.8. The van der Waals surface area contributed by atoms with Gasteiger partial charge in [0.05, 0.1) is 10.9 Å². The molecule has 8 nitrogen and oxygen atoms in total. The number of fused-ring (bicyclic) bond motifs is 1. The van der Waals surface area contributed by atoms with Gasteiger partial charge in [0.2, 0.25) is 0 Å². The third-order valence-corrected chi connectivity index (χ3v) is 3.88. The van der Waals surface area contributed by atoms with Crippen LogP contribution in [0.2, 0.25) is 0 Å². The van der Waals surface area contributed by atoms with Crippen molar-refractivity contribution in [3.05, 3.63) is 32.8 Å². The summed E-state index contributed by atoms with van der Waals surface area (Å²) in [5.74, 6) is -2.03. The predicted octanol–water partition coefficient (Wildman–Crippen LogP) is 1.47. The lowest BCUT2D eigenvalue weighted by molar-refractivity contribution is -0.153. The molecule has 9 heteroatoms. The summed E-state index contributed by atoms with van der Waals surface area (Å²) in [5.41, 5.74) is -1.44. The minimum atomic E-state index is -0.874. The first kappa shape index (κ1) is 18.9. The first-order valence-corrected chi connectivity index (χ1v) is 8.18. The van der Waals surface area contributed by atoms with Gasteiger partial charge in [-0.1, -0.05) is 0 Å². The van der Waals surface area contributed by atoms with Gasteiger partial charge < -0.3 is 19.7 Å². The van der Waals surface area contributed by atoms with Crippen molar-refractivity contribution in [2.24, 2.45) is 7.05 Å². The highest BCUT2D eigenvalue weighted by molar-refractivity contribution is 9.10. The maximum atomic E-state index is 12.4. The topological polar surface area (TPSA) is 111 Å². The van der Waals surface area contributed by atoms with Crippen LogP contribution in [0.4, 0.5) is 0 Å². The van der Waals surface area contributed by atoms with E-state index >= 15 is 0 Å². The second kappa shape index (κ2) is 6.83. The Morgan fingerprint density at radius 3 is 2.64 bits per heavy atom. The lowest BCUT2D eigenvalue weighted by atomic mass is 10.1. The van der Waals surface area contributed by atoms with Crippen LogP contribution < -0.4 is 10.9 Å². The van der Waals surface area contributed by atoms with Crippen molar-refractivity contribution in [2.45, 2.75) is 26.4 Å². The van der Waals surface area contributed by atoms with Gasteiger partial charge >= 0.3 is 5.97 Å². The molecule has 2 N–H and O–H groups in total. The first-order valence-electron chi connectivity index (χ1n) is 7.39. The number of aryl methyl sites for hydroxylation is 1. The molecule has 0 bridgehead atoms. The maximum absolute atomic E-state index is 12.4. The number of hydrogen-bond acceptors (Lipinski definition) is 6. The van der Waals surface area contributed by atoms with Crippen molar-refractivity contribution in [3.63, 3.8) is 0 Å². The Hall–Kier alpha value is -2.42. The number of halogens is 1. The molecule has 0 saturated heterocycles. The predicted molar refractivity (Wildman–Crippen MR) is 94.5 cm³/mol. The van der Waals surface area contributed by atoms with Crippen LogP contribution in [0.5, 0.6) is 5.75 Å². The van der Waals surface area contributed by atoms with E-state index in [0.29, 0.717) is 10.1 Å². The molecule has 2 aromatic heterocycles. The van der Waals surface area contributed by atoms with Crippen molar-refractivity contribution in [2.75, 3.05) is 6.54 Å². The van der Waals surface area contributed by atoms with Crippen molar-refractivity contribution in [1.29, 1.82) is 0 Å². The largest absolute Gasteiger partial charge is 0.506 e. The number of ether oxygens (including phenoxy) is 1. The fourth-order valence-electron chi connectivity index (χ4n) is 2.25. The normalized spacial score (nSPS) is 11.4. The number of hydrogen-bond donors (Lipinski definition) is 2. The molecule has 0 aliphatic carbocycles. The van der Waals surface area contributed by atoms with Crippen molar-refractivity contribution in [1.82, 2.24) is 14.9 Å². The Balaban J connectivity index is 2.38. The number of rotatable bonds is 3. The zero-order valence-electron chi connectivity index (χ0n) is 14.2. The van der Waals surface area contributed by atoms with Gasteiger partial charge in [0, 0.05) is 13.2 Å². The SMILES string of the molecule is Cn1c(=O)c(C(=O)NCC(=O)OC(C)(C)C)c(O)c2c(Br)nccc21. The lowest BCUT2D eigenvalue weighted by Gasteiger charge is -2.19. The van der Waals surface area contributed by atoms with E-state index in [9.17, 15) is 19.5 Å². The number of aromatic hydroxyl groups is 1. The number of nitrogens with one attached hydrogen (secondary N) is 1. The van der Waals surface area contributed by atoms with Crippen molar-refractivity contribution < 1.29 is 19.4 Å². The molecule has 134 valence electrons. The summed E-state index contributed by atoms with van der Waals surface area (Å²) in [6.45, 7) is 4.66. The average Bonchev–Trinajstić information content (AvgIpc) is 2.49. The Morgan fingerprint density at radius 1 is 1.40 bits per heavy atom. The molecular formula is C16H18BrN3O5. The third kappa shape index (κ3) is 3.98. The summed E-state index contributed by atoms with van der Waals surface area (Å²) in [6.07, 6.45) is 1.47. The van der Waals surface area contributed by atoms with Crippen LogP contribution in [0.1, 0.15) is 31.1 Å². The number of carbonyl (C=O) groups is 2. The molecule has 0 unspecified atom stereocenters. The van der Waals surface area contributed by atoms with E-state index in [1.165, 1.54) is 17.8 Å². The lowest BCUT2D eigenvalue weighted by Crippen LogP contribution is -2.37. The molecule has 0 radical (unpaired) electrons. The van der Waals surface area contributed by atoms with Crippen LogP contribution in [0.3, 0.4) is 0 Å². The minimum absolute atomic E-state index is 0.229. The van der Waals surface area contributed by atoms with E-state index < -0.39 is 40.9 Å². The van der Waals surface area contributed by atoms with Gasteiger partial charge in [0.25, 0.3) is 11.5 Å². The Labute approximate surface area is 151 Å². The van der Waals surface area contributed by atoms with Crippen LogP contribution in [0, 0.1) is 0 Å². The molecule has 1 amide bonds. The van der Waals surface area contributed by atoms with E-state index in [1.54, 1.807) is 26.8 Å². The molecule has 25 heavy (non-hydrogen) atoms. The highest BCUT2D eigenvalue weighted by atomic mass is 79.9. The molecular weight excluding hydrogens is 394 g/mol. The van der Waals surface area contributed by atoms with Crippen LogP contribution in [-0.2, 0) is 16.6 Å². The number of carbonyl (C=O) groups excluding carboxylic acids is 2. The highest BCUT2D eigenvalue weighted by Crippen LogP contribution is 2.30. The number of amides is 1. The summed E-state index contributed by atoms with van der Waals surface area (Å²) >= 11 is 3.19. The van der Waals surface area contributed by atoms with E-state index in [4.69, 9.17) is 4.74 Å². The molecule has 0 fully saturated rings. The number of aromatic nitrogens is 2. The van der Waals surface area contributed by atoms with E-state index in [2.05, 4.69) is 26.2 Å². The average molecular weight is 412 g/mol. The molecule has 0 aliphatic heterocycles. The molecule has 0 saturated carbocycles. The summed E-state index contributed by atoms with van der Waals surface area (Å²) in [6, 6.07) is 1.55. The molecule has 0 atom stereocenters. The summed E-state index contributed by atoms with van der Waals surface area (Å²) < 4.78 is 6.60. The van der Waals surface area contributed by atoms with E-state index in [1.807, 2.05) is 0 Å². The number of esters is 1.